The summed E-state index contributed by atoms with van der Waals surface area (Å²) in [6.07, 6.45) is 2.52. The Hall–Kier alpha value is -3.07. The first kappa shape index (κ1) is 24.1. The third kappa shape index (κ3) is 5.52. The number of nitrogens with zero attached hydrogens (tertiary/aromatic N) is 3. The molecule has 3 heterocycles. The quantitative estimate of drug-likeness (QED) is 0.430. The molecule has 8 nitrogen and oxygen atoms in total. The number of benzene rings is 1. The van der Waals surface area contributed by atoms with Crippen molar-refractivity contribution in [3.63, 3.8) is 0 Å². The predicted molar refractivity (Wildman–Crippen MR) is 134 cm³/mol. The van der Waals surface area contributed by atoms with Crippen LogP contribution in [0.5, 0.6) is 0 Å². The molecule has 0 spiro atoms. The van der Waals surface area contributed by atoms with Crippen LogP contribution in [0.1, 0.15) is 54.9 Å². The SMILES string of the molecule is CCNC(=O)c1cnc(Nc2ccc3c(c2)CCNC3)nc1[NH2+]c1nc(C(C)(C)C)ccc1Cl. The van der Waals surface area contributed by atoms with E-state index in [9.17, 15) is 4.79 Å². The van der Waals surface area contributed by atoms with Gasteiger partial charge in [0.1, 0.15) is 10.6 Å². The van der Waals surface area contributed by atoms with E-state index in [1.165, 1.54) is 17.3 Å². The molecule has 3 aromatic rings. The molecule has 0 radical (unpaired) electrons. The normalized spacial score (nSPS) is 13.3. The van der Waals surface area contributed by atoms with Crippen molar-refractivity contribution in [3.05, 3.63) is 63.9 Å². The number of nitrogens with two attached hydrogens (primary N) is 1. The Morgan fingerprint density at radius 2 is 1.97 bits per heavy atom. The molecular formula is C25H31ClN7O+. The molecule has 5 N–H and O–H groups in total. The number of rotatable bonds is 6. The van der Waals surface area contributed by atoms with E-state index in [1.54, 1.807) is 5.32 Å². The second-order valence-corrected chi connectivity index (χ2v) is 9.75. The van der Waals surface area contributed by atoms with Crippen LogP contribution in [0.2, 0.25) is 5.02 Å². The summed E-state index contributed by atoms with van der Waals surface area (Å²) >= 11 is 6.47. The van der Waals surface area contributed by atoms with Gasteiger partial charge < -0.3 is 16.0 Å². The molecule has 0 saturated carbocycles. The third-order valence-corrected chi connectivity index (χ3v) is 5.98. The molecule has 1 aliphatic rings. The van der Waals surface area contributed by atoms with Crippen LogP contribution < -0.4 is 21.3 Å². The highest BCUT2D eigenvalue weighted by atomic mass is 35.5. The minimum atomic E-state index is -0.246. The molecule has 2 aromatic heterocycles. The molecule has 0 saturated heterocycles. The Kier molecular flexibility index (Phi) is 7.11. The number of fused-ring (bicyclic) bond motifs is 1. The lowest BCUT2D eigenvalue weighted by molar-refractivity contribution is -0.487. The molecule has 0 aliphatic carbocycles. The summed E-state index contributed by atoms with van der Waals surface area (Å²) in [7, 11) is 0. The maximum atomic E-state index is 12.7. The van der Waals surface area contributed by atoms with Crippen molar-refractivity contribution in [2.75, 3.05) is 18.4 Å². The van der Waals surface area contributed by atoms with Gasteiger partial charge in [0.25, 0.3) is 5.91 Å². The molecule has 178 valence electrons. The Morgan fingerprint density at radius 1 is 1.15 bits per heavy atom. The zero-order chi connectivity index (χ0) is 24.3. The van der Waals surface area contributed by atoms with Crippen molar-refractivity contribution >= 4 is 40.8 Å². The van der Waals surface area contributed by atoms with Gasteiger partial charge in [-0.1, -0.05) is 38.4 Å². The molecule has 0 unspecified atom stereocenters. The van der Waals surface area contributed by atoms with Gasteiger partial charge in [-0.15, -0.1) is 0 Å². The molecule has 0 bridgehead atoms. The van der Waals surface area contributed by atoms with Gasteiger partial charge in [0.05, 0.1) is 11.9 Å². The van der Waals surface area contributed by atoms with Gasteiger partial charge in [-0.25, -0.2) is 10.3 Å². The van der Waals surface area contributed by atoms with E-state index in [0.717, 1.165) is 30.9 Å². The number of halogens is 1. The van der Waals surface area contributed by atoms with Crippen molar-refractivity contribution in [2.24, 2.45) is 0 Å². The monoisotopic (exact) mass is 480 g/mol. The van der Waals surface area contributed by atoms with Crippen LogP contribution in [-0.4, -0.2) is 33.9 Å². The van der Waals surface area contributed by atoms with Gasteiger partial charge >= 0.3 is 0 Å². The van der Waals surface area contributed by atoms with E-state index >= 15 is 0 Å². The average molecular weight is 481 g/mol. The number of hydrogen-bond donors (Lipinski definition) is 4. The van der Waals surface area contributed by atoms with Crippen LogP contribution >= 0.6 is 11.6 Å². The highest BCUT2D eigenvalue weighted by Gasteiger charge is 2.23. The van der Waals surface area contributed by atoms with Crippen LogP contribution in [0.4, 0.5) is 23.3 Å². The van der Waals surface area contributed by atoms with Crippen LogP contribution in [0, 0.1) is 0 Å². The Morgan fingerprint density at radius 3 is 2.74 bits per heavy atom. The molecule has 1 aromatic carbocycles. The van der Waals surface area contributed by atoms with Crippen LogP contribution in [-0.2, 0) is 18.4 Å². The predicted octanol–water partition coefficient (Wildman–Crippen LogP) is 3.49. The van der Waals surface area contributed by atoms with E-state index < -0.39 is 0 Å². The summed E-state index contributed by atoms with van der Waals surface area (Å²) in [4.78, 5) is 26.5. The lowest BCUT2D eigenvalue weighted by Gasteiger charge is -2.18. The standard InChI is InChI=1S/C25H30ClN7O/c1-5-28-23(34)18-14-29-24(30-17-7-6-16-13-27-11-10-15(16)12-17)33-21(18)32-22-19(26)8-9-20(31-22)25(2,3)4/h6-9,12,14,27H,5,10-11,13H2,1-4H3,(H,28,34)(H2,29,30,31,32,33)/p+1. The van der Waals surface area contributed by atoms with Crippen molar-refractivity contribution in [2.45, 2.75) is 46.1 Å². The number of anilines is 2. The second kappa shape index (κ2) is 10.0. The maximum absolute atomic E-state index is 12.7. The van der Waals surface area contributed by atoms with Gasteiger partial charge in [-0.3, -0.25) is 4.79 Å². The number of pyridine rings is 1. The Labute approximate surface area is 205 Å². The topological polar surface area (TPSA) is 108 Å². The Balaban J connectivity index is 1.67. The first-order valence-corrected chi connectivity index (χ1v) is 11.9. The Bertz CT molecular complexity index is 1210. The van der Waals surface area contributed by atoms with Crippen LogP contribution in [0.3, 0.4) is 0 Å². The van der Waals surface area contributed by atoms with Gasteiger partial charge in [0.2, 0.25) is 17.6 Å². The molecule has 34 heavy (non-hydrogen) atoms. The molecule has 9 heteroatoms. The number of hydrogen-bond acceptors (Lipinski definition) is 6. The first-order chi connectivity index (χ1) is 16.2. The third-order valence-electron chi connectivity index (χ3n) is 5.66. The van der Waals surface area contributed by atoms with E-state index in [4.69, 9.17) is 16.6 Å². The molecule has 1 aliphatic heterocycles. The van der Waals surface area contributed by atoms with Gasteiger partial charge in [-0.2, -0.15) is 9.97 Å². The van der Waals surface area contributed by atoms with E-state index in [0.29, 0.717) is 34.7 Å². The van der Waals surface area contributed by atoms with E-state index in [-0.39, 0.29) is 11.3 Å². The fourth-order valence-corrected chi connectivity index (χ4v) is 3.95. The van der Waals surface area contributed by atoms with Gasteiger partial charge in [0, 0.05) is 24.2 Å². The van der Waals surface area contributed by atoms with E-state index in [1.807, 2.05) is 25.1 Å². The summed E-state index contributed by atoms with van der Waals surface area (Å²) in [5.74, 6) is 1.16. The highest BCUT2D eigenvalue weighted by Crippen LogP contribution is 2.26. The largest absolute Gasteiger partial charge is 0.352 e. The number of aromatic nitrogens is 3. The van der Waals surface area contributed by atoms with Crippen molar-refractivity contribution < 1.29 is 10.1 Å². The minimum Gasteiger partial charge on any atom is -0.352 e. The number of amides is 1. The van der Waals surface area contributed by atoms with Crippen molar-refractivity contribution in [3.8, 4) is 0 Å². The smallest absolute Gasteiger partial charge is 0.260 e. The van der Waals surface area contributed by atoms with Crippen molar-refractivity contribution in [1.82, 2.24) is 25.6 Å². The summed E-state index contributed by atoms with van der Waals surface area (Å²) in [6.45, 7) is 10.5. The average Bonchev–Trinajstić information content (AvgIpc) is 2.80. The lowest BCUT2D eigenvalue weighted by atomic mass is 9.92. The molecule has 1 amide bonds. The lowest BCUT2D eigenvalue weighted by Crippen LogP contribution is -2.73. The molecule has 4 rings (SSSR count). The summed E-state index contributed by atoms with van der Waals surface area (Å²) in [6, 6.07) is 10.0. The summed E-state index contributed by atoms with van der Waals surface area (Å²) in [5.41, 5.74) is 4.64. The van der Waals surface area contributed by atoms with Gasteiger partial charge in [-0.05, 0) is 55.3 Å². The van der Waals surface area contributed by atoms with Gasteiger partial charge in [0.15, 0.2) is 0 Å². The number of carbonyl (C=O) groups excluding carboxylic acids is 1. The minimum absolute atomic E-state index is 0.143. The summed E-state index contributed by atoms with van der Waals surface area (Å²) in [5, 5.41) is 11.7. The fraction of sp³-hybridized carbons (Fsp3) is 0.360. The zero-order valence-electron chi connectivity index (χ0n) is 20.0. The van der Waals surface area contributed by atoms with Crippen LogP contribution in [0.25, 0.3) is 0 Å². The summed E-state index contributed by atoms with van der Waals surface area (Å²) < 4.78 is 0. The second-order valence-electron chi connectivity index (χ2n) is 9.35. The number of quaternary nitrogens is 1. The molecule has 0 atom stereocenters. The first-order valence-electron chi connectivity index (χ1n) is 11.5. The zero-order valence-corrected chi connectivity index (χ0v) is 20.8. The fourth-order valence-electron chi connectivity index (χ4n) is 3.79. The van der Waals surface area contributed by atoms with Crippen molar-refractivity contribution in [1.29, 1.82) is 0 Å². The number of nitrogens with one attached hydrogen (secondary N) is 3. The maximum Gasteiger partial charge on any atom is 0.260 e. The highest BCUT2D eigenvalue weighted by molar-refractivity contribution is 6.32. The van der Waals surface area contributed by atoms with Crippen LogP contribution in [0.15, 0.2) is 36.5 Å². The van der Waals surface area contributed by atoms with E-state index in [2.05, 4.69) is 58.8 Å². The number of carbonyl (C=O) groups is 1. The molecular weight excluding hydrogens is 450 g/mol. The molecule has 0 fully saturated rings.